The lowest BCUT2D eigenvalue weighted by molar-refractivity contribution is 0.154. The Morgan fingerprint density at radius 3 is 2.46 bits per heavy atom. The lowest BCUT2D eigenvalue weighted by Crippen LogP contribution is -2.36. The van der Waals surface area contributed by atoms with Gasteiger partial charge in [0.25, 0.3) is 0 Å². The van der Waals surface area contributed by atoms with E-state index in [0.29, 0.717) is 12.3 Å². The molecule has 0 aromatic heterocycles. The smallest absolute Gasteiger partial charge is 0.410 e. The minimum Gasteiger partial charge on any atom is -0.410 e. The second-order valence-corrected chi connectivity index (χ2v) is 6.68. The first-order valence-electron chi connectivity index (χ1n) is 8.77. The summed E-state index contributed by atoms with van der Waals surface area (Å²) in [5.74, 6) is 0.603. The first-order chi connectivity index (χ1) is 12.2. The van der Waals surface area contributed by atoms with Crippen LogP contribution in [0.3, 0.4) is 0 Å². The SMILES string of the molecule is CN1CCCN(C(=O)Oc2ccc3ccc4ccccc4c3c2)CC1.Cl. The second-order valence-electron chi connectivity index (χ2n) is 6.68. The Morgan fingerprint density at radius 2 is 1.62 bits per heavy atom. The number of amides is 1. The van der Waals surface area contributed by atoms with Gasteiger partial charge in [0, 0.05) is 19.6 Å². The summed E-state index contributed by atoms with van der Waals surface area (Å²) >= 11 is 0. The minimum absolute atomic E-state index is 0. The Bertz CT molecular complexity index is 928. The maximum Gasteiger partial charge on any atom is 0.415 e. The van der Waals surface area contributed by atoms with Crippen molar-refractivity contribution < 1.29 is 9.53 Å². The molecule has 1 saturated heterocycles. The van der Waals surface area contributed by atoms with Crippen LogP contribution in [0.15, 0.2) is 54.6 Å². The highest BCUT2D eigenvalue weighted by atomic mass is 35.5. The highest BCUT2D eigenvalue weighted by molar-refractivity contribution is 6.07. The molecule has 4 nitrogen and oxygen atoms in total. The van der Waals surface area contributed by atoms with Crippen molar-refractivity contribution in [3.05, 3.63) is 54.6 Å². The van der Waals surface area contributed by atoms with Crippen LogP contribution < -0.4 is 4.74 Å². The molecule has 5 heteroatoms. The summed E-state index contributed by atoms with van der Waals surface area (Å²) in [4.78, 5) is 16.6. The van der Waals surface area contributed by atoms with Gasteiger partial charge < -0.3 is 14.5 Å². The molecule has 0 radical (unpaired) electrons. The first kappa shape index (κ1) is 18.5. The van der Waals surface area contributed by atoms with E-state index in [4.69, 9.17) is 4.74 Å². The summed E-state index contributed by atoms with van der Waals surface area (Å²) in [6.45, 7) is 3.37. The fourth-order valence-corrected chi connectivity index (χ4v) is 3.44. The molecule has 3 aromatic rings. The topological polar surface area (TPSA) is 32.8 Å². The van der Waals surface area contributed by atoms with Gasteiger partial charge in [0.05, 0.1) is 0 Å². The van der Waals surface area contributed by atoms with Crippen LogP contribution >= 0.6 is 12.4 Å². The van der Waals surface area contributed by atoms with Crippen molar-refractivity contribution in [2.45, 2.75) is 6.42 Å². The fourth-order valence-electron chi connectivity index (χ4n) is 3.44. The third kappa shape index (κ3) is 3.76. The quantitative estimate of drug-likeness (QED) is 0.589. The monoisotopic (exact) mass is 370 g/mol. The van der Waals surface area contributed by atoms with Crippen LogP contribution in [0.1, 0.15) is 6.42 Å². The van der Waals surface area contributed by atoms with Crippen molar-refractivity contribution in [2.75, 3.05) is 33.2 Å². The van der Waals surface area contributed by atoms with E-state index >= 15 is 0 Å². The zero-order valence-electron chi connectivity index (χ0n) is 14.9. The highest BCUT2D eigenvalue weighted by Crippen LogP contribution is 2.28. The summed E-state index contributed by atoms with van der Waals surface area (Å²) in [6.07, 6.45) is 0.725. The van der Waals surface area contributed by atoms with Gasteiger partial charge in [-0.1, -0.05) is 42.5 Å². The average Bonchev–Trinajstić information content (AvgIpc) is 2.86. The van der Waals surface area contributed by atoms with Crippen LogP contribution in [0.2, 0.25) is 0 Å². The largest absolute Gasteiger partial charge is 0.415 e. The van der Waals surface area contributed by atoms with Gasteiger partial charge in [-0.2, -0.15) is 0 Å². The van der Waals surface area contributed by atoms with Gasteiger partial charge in [-0.25, -0.2) is 4.79 Å². The fraction of sp³-hybridized carbons (Fsp3) is 0.286. The molecule has 1 amide bonds. The number of halogens is 1. The summed E-state index contributed by atoms with van der Waals surface area (Å²) in [6, 6.07) is 18.4. The lowest BCUT2D eigenvalue weighted by atomic mass is 10.0. The van der Waals surface area contributed by atoms with Crippen molar-refractivity contribution in [3.63, 3.8) is 0 Å². The number of carbonyl (C=O) groups excluding carboxylic acids is 1. The number of likely N-dealkylation sites (N-methyl/N-ethyl adjacent to an activating group) is 1. The van der Waals surface area contributed by atoms with Crippen LogP contribution in [0.4, 0.5) is 4.79 Å². The van der Waals surface area contributed by atoms with Crippen molar-refractivity contribution in [1.29, 1.82) is 0 Å². The molecule has 26 heavy (non-hydrogen) atoms. The first-order valence-corrected chi connectivity index (χ1v) is 8.77. The van der Waals surface area contributed by atoms with Crippen molar-refractivity contribution in [2.24, 2.45) is 0 Å². The average molecular weight is 371 g/mol. The van der Waals surface area contributed by atoms with Gasteiger partial charge in [0.2, 0.25) is 0 Å². The number of hydrogen-bond acceptors (Lipinski definition) is 3. The number of nitrogens with zero attached hydrogens (tertiary/aromatic N) is 2. The molecular formula is C21H23ClN2O2. The maximum absolute atomic E-state index is 12.5. The molecule has 3 aromatic carbocycles. The predicted molar refractivity (Wildman–Crippen MR) is 108 cm³/mol. The number of carbonyl (C=O) groups is 1. The number of rotatable bonds is 1. The van der Waals surface area contributed by atoms with Crippen LogP contribution in [-0.2, 0) is 0 Å². The Balaban J connectivity index is 0.00000196. The summed E-state index contributed by atoms with van der Waals surface area (Å²) in [5.41, 5.74) is 0. The van der Waals surface area contributed by atoms with Gasteiger partial charge in [0.15, 0.2) is 0 Å². The molecule has 4 rings (SSSR count). The van der Waals surface area contributed by atoms with Crippen LogP contribution in [0.25, 0.3) is 21.5 Å². The molecule has 0 unspecified atom stereocenters. The zero-order valence-corrected chi connectivity index (χ0v) is 15.7. The third-order valence-electron chi connectivity index (χ3n) is 4.90. The van der Waals surface area contributed by atoms with Crippen LogP contribution in [0.5, 0.6) is 5.75 Å². The highest BCUT2D eigenvalue weighted by Gasteiger charge is 2.19. The second kappa shape index (κ2) is 7.94. The van der Waals surface area contributed by atoms with Crippen molar-refractivity contribution in [3.8, 4) is 5.75 Å². The number of benzene rings is 3. The molecule has 0 saturated carbocycles. The van der Waals surface area contributed by atoms with Crippen molar-refractivity contribution in [1.82, 2.24) is 9.80 Å². The third-order valence-corrected chi connectivity index (χ3v) is 4.90. The predicted octanol–water partition coefficient (Wildman–Crippen LogP) is 4.55. The molecule has 0 N–H and O–H groups in total. The lowest BCUT2D eigenvalue weighted by Gasteiger charge is -2.20. The molecule has 136 valence electrons. The van der Waals surface area contributed by atoms with E-state index in [9.17, 15) is 4.79 Å². The normalized spacial score (nSPS) is 15.5. The molecule has 1 aliphatic heterocycles. The van der Waals surface area contributed by atoms with Gasteiger partial charge in [0.1, 0.15) is 5.75 Å². The van der Waals surface area contributed by atoms with E-state index in [1.165, 1.54) is 10.8 Å². The van der Waals surface area contributed by atoms with E-state index in [2.05, 4.69) is 36.2 Å². The molecular weight excluding hydrogens is 348 g/mol. The molecule has 0 spiro atoms. The van der Waals surface area contributed by atoms with Crippen LogP contribution in [0, 0.1) is 0 Å². The standard InChI is InChI=1S/C21H22N2O2.ClH/c1-22-11-4-12-23(14-13-22)21(24)25-18-10-9-17-8-7-16-5-2-3-6-19(16)20(17)15-18;/h2-3,5-10,15H,4,11-14H2,1H3;1H. The maximum atomic E-state index is 12.5. The number of ether oxygens (including phenoxy) is 1. The van der Waals surface area contributed by atoms with Crippen molar-refractivity contribution >= 4 is 40.0 Å². The molecule has 1 aliphatic rings. The van der Waals surface area contributed by atoms with Crippen LogP contribution in [-0.4, -0.2) is 49.1 Å². The number of fused-ring (bicyclic) bond motifs is 3. The Morgan fingerprint density at radius 1 is 0.885 bits per heavy atom. The Kier molecular flexibility index (Phi) is 5.64. The Labute approximate surface area is 159 Å². The number of hydrogen-bond donors (Lipinski definition) is 0. The van der Waals surface area contributed by atoms with E-state index < -0.39 is 0 Å². The van der Waals surface area contributed by atoms with Gasteiger partial charge in [-0.15, -0.1) is 12.4 Å². The molecule has 0 aliphatic carbocycles. The van der Waals surface area contributed by atoms with Gasteiger partial charge >= 0.3 is 6.09 Å². The molecule has 0 bridgehead atoms. The van der Waals surface area contributed by atoms with E-state index in [1.807, 2.05) is 30.3 Å². The van der Waals surface area contributed by atoms with Gasteiger partial charge in [-0.3, -0.25) is 0 Å². The summed E-state index contributed by atoms with van der Waals surface area (Å²) < 4.78 is 5.67. The summed E-state index contributed by atoms with van der Waals surface area (Å²) in [5, 5.41) is 4.62. The van der Waals surface area contributed by atoms with E-state index in [-0.39, 0.29) is 18.5 Å². The summed E-state index contributed by atoms with van der Waals surface area (Å²) in [7, 11) is 2.09. The van der Waals surface area contributed by atoms with E-state index in [0.717, 1.165) is 36.8 Å². The molecule has 1 heterocycles. The minimum atomic E-state index is -0.255. The zero-order chi connectivity index (χ0) is 17.2. The molecule has 0 atom stereocenters. The Hall–Kier alpha value is -2.30. The molecule has 1 fully saturated rings. The van der Waals surface area contributed by atoms with Gasteiger partial charge in [-0.05, 0) is 53.7 Å². The van der Waals surface area contributed by atoms with E-state index in [1.54, 1.807) is 4.90 Å².